The Labute approximate surface area is 279 Å². The van der Waals surface area contributed by atoms with Gasteiger partial charge in [0, 0.05) is 23.1 Å². The highest BCUT2D eigenvalue weighted by molar-refractivity contribution is 5.90. The minimum absolute atomic E-state index is 0.0241. The molecule has 1 N–H and O–H groups in total. The van der Waals surface area contributed by atoms with Gasteiger partial charge >= 0.3 is 23.9 Å². The van der Waals surface area contributed by atoms with Gasteiger partial charge in [-0.05, 0) is 133 Å². The monoisotopic (exact) mass is 654 g/mol. The number of ether oxygens (including phenoxy) is 4. The Morgan fingerprint density at radius 1 is 0.766 bits per heavy atom. The molecule has 260 valence electrons. The van der Waals surface area contributed by atoms with Gasteiger partial charge in [-0.15, -0.1) is 0 Å². The fourth-order valence-corrected chi connectivity index (χ4v) is 10.2. The number of aliphatic hydroxyl groups is 1. The molecular formula is C38H54O9. The largest absolute Gasteiger partial charge is 0.463 e. The maximum absolute atomic E-state index is 12.0. The normalized spacial score (nSPS) is 39.8. The zero-order valence-corrected chi connectivity index (χ0v) is 28.7. The van der Waals surface area contributed by atoms with E-state index < -0.39 is 23.6 Å². The number of carbonyl (C=O) groups excluding carboxylic acids is 4. The molecule has 9 nitrogen and oxygen atoms in total. The average molecular weight is 655 g/mol. The Kier molecular flexibility index (Phi) is 10.5. The van der Waals surface area contributed by atoms with Crippen molar-refractivity contribution in [2.75, 3.05) is 6.61 Å². The quantitative estimate of drug-likeness (QED) is 0.195. The topological polar surface area (TPSA) is 125 Å². The van der Waals surface area contributed by atoms with Gasteiger partial charge < -0.3 is 24.1 Å². The first kappa shape index (κ1) is 35.4. The maximum Gasteiger partial charge on any atom is 0.347 e. The van der Waals surface area contributed by atoms with Crippen LogP contribution in [0.25, 0.3) is 0 Å². The number of hydrogen-bond acceptors (Lipinski definition) is 9. The van der Waals surface area contributed by atoms with Crippen molar-refractivity contribution in [2.24, 2.45) is 41.4 Å². The van der Waals surface area contributed by atoms with E-state index in [2.05, 4.69) is 31.4 Å². The highest BCUT2D eigenvalue weighted by atomic mass is 16.6. The molecule has 1 heterocycles. The second-order valence-corrected chi connectivity index (χ2v) is 15.8. The molecule has 1 saturated heterocycles. The van der Waals surface area contributed by atoms with Gasteiger partial charge in [0.25, 0.3) is 0 Å². The van der Waals surface area contributed by atoms with E-state index in [9.17, 15) is 24.3 Å². The van der Waals surface area contributed by atoms with Gasteiger partial charge in [0.1, 0.15) is 11.7 Å². The van der Waals surface area contributed by atoms with E-state index in [1.54, 1.807) is 13.8 Å². The summed E-state index contributed by atoms with van der Waals surface area (Å²) in [5, 5.41) is 10.4. The van der Waals surface area contributed by atoms with Crippen molar-refractivity contribution in [3.8, 4) is 0 Å². The SMILES string of the molecule is C=C(C)C(=O)OC1(CC)C2CC3CC(C2)CC1C3.C=C(C)C(=O)OC1C2CC3CC1CC(O)(C3)C2.C=C(C)C(=O)OC1CCOC1=O. The van der Waals surface area contributed by atoms with Crippen LogP contribution in [-0.2, 0) is 38.1 Å². The summed E-state index contributed by atoms with van der Waals surface area (Å²) in [4.78, 5) is 45.3. The predicted molar refractivity (Wildman–Crippen MR) is 174 cm³/mol. The number of cyclic esters (lactones) is 1. The summed E-state index contributed by atoms with van der Waals surface area (Å²) in [6, 6.07) is 0. The van der Waals surface area contributed by atoms with Gasteiger partial charge in [0.15, 0.2) is 0 Å². The highest BCUT2D eigenvalue weighted by Crippen LogP contribution is 2.61. The van der Waals surface area contributed by atoms with E-state index >= 15 is 0 Å². The van der Waals surface area contributed by atoms with Gasteiger partial charge in [-0.3, -0.25) is 0 Å². The lowest BCUT2D eigenvalue weighted by Crippen LogP contribution is -2.59. The fraction of sp³-hybridized carbons (Fsp3) is 0.737. The molecule has 3 atom stereocenters. The molecule has 0 radical (unpaired) electrons. The Morgan fingerprint density at radius 3 is 1.70 bits per heavy atom. The van der Waals surface area contributed by atoms with E-state index in [-0.39, 0.29) is 29.2 Å². The molecule has 8 saturated carbocycles. The molecule has 8 aliphatic carbocycles. The van der Waals surface area contributed by atoms with Crippen LogP contribution in [0.4, 0.5) is 0 Å². The van der Waals surface area contributed by atoms with Crippen molar-refractivity contribution in [3.05, 3.63) is 36.5 Å². The number of esters is 4. The number of rotatable bonds is 7. The van der Waals surface area contributed by atoms with Crippen LogP contribution in [0.5, 0.6) is 0 Å². The van der Waals surface area contributed by atoms with Crippen LogP contribution in [0, 0.1) is 41.4 Å². The van der Waals surface area contributed by atoms with Crippen molar-refractivity contribution in [2.45, 2.75) is 128 Å². The lowest BCUT2D eigenvalue weighted by molar-refractivity contribution is -0.207. The molecule has 47 heavy (non-hydrogen) atoms. The summed E-state index contributed by atoms with van der Waals surface area (Å²) < 4.78 is 20.9. The molecule has 0 aromatic heterocycles. The lowest BCUT2D eigenvalue weighted by atomic mass is 9.49. The first-order valence-electron chi connectivity index (χ1n) is 17.6. The van der Waals surface area contributed by atoms with Crippen LogP contribution in [0.3, 0.4) is 0 Å². The Hall–Kier alpha value is -2.94. The first-order chi connectivity index (χ1) is 22.1. The molecule has 3 unspecified atom stereocenters. The zero-order valence-electron chi connectivity index (χ0n) is 28.7. The lowest BCUT2D eigenvalue weighted by Gasteiger charge is -2.60. The summed E-state index contributed by atoms with van der Waals surface area (Å²) >= 11 is 0. The molecule has 0 amide bonds. The molecule has 9 heteroatoms. The van der Waals surface area contributed by atoms with Crippen molar-refractivity contribution in [3.63, 3.8) is 0 Å². The molecule has 0 spiro atoms. The van der Waals surface area contributed by atoms with Crippen LogP contribution < -0.4 is 0 Å². The third-order valence-electron chi connectivity index (χ3n) is 11.9. The molecule has 9 aliphatic rings. The maximum atomic E-state index is 12.0. The third kappa shape index (κ3) is 7.55. The van der Waals surface area contributed by atoms with Crippen LogP contribution in [0.15, 0.2) is 36.5 Å². The van der Waals surface area contributed by atoms with Crippen LogP contribution in [0.1, 0.15) is 105 Å². The van der Waals surface area contributed by atoms with Gasteiger partial charge in [-0.25, -0.2) is 19.2 Å². The van der Waals surface area contributed by atoms with Gasteiger partial charge in [0.05, 0.1) is 12.2 Å². The Balaban J connectivity index is 0.000000142. The van der Waals surface area contributed by atoms with Crippen molar-refractivity contribution >= 4 is 23.9 Å². The molecule has 0 aromatic rings. The van der Waals surface area contributed by atoms with E-state index in [4.69, 9.17) is 14.2 Å². The predicted octanol–water partition coefficient (Wildman–Crippen LogP) is 6.18. The molecule has 1 aliphatic heterocycles. The fourth-order valence-electron chi connectivity index (χ4n) is 10.2. The zero-order chi connectivity index (χ0) is 34.3. The van der Waals surface area contributed by atoms with E-state index in [1.807, 2.05) is 0 Å². The van der Waals surface area contributed by atoms with Crippen molar-refractivity contribution < 1.29 is 43.2 Å². The number of hydrogen-bond donors (Lipinski definition) is 1. The molecule has 0 aromatic carbocycles. The summed E-state index contributed by atoms with van der Waals surface area (Å²) in [6.45, 7) is 18.2. The molecule has 8 bridgehead atoms. The summed E-state index contributed by atoms with van der Waals surface area (Å²) in [5.74, 6) is 2.99. The van der Waals surface area contributed by atoms with Gasteiger partial charge in [-0.1, -0.05) is 26.7 Å². The van der Waals surface area contributed by atoms with E-state index in [0.29, 0.717) is 53.8 Å². The minimum atomic E-state index is -0.728. The average Bonchev–Trinajstić information content (AvgIpc) is 3.39. The molecule has 9 rings (SSSR count). The standard InChI is InChI=1S/C16H24O2.C14H20O3.C8H10O4/c1-4-16(18-15(17)10(2)3)13-6-11-5-12(8-13)9-14(16)7-11;1-8(2)13(15)17-12-10-3-9-4-11(12)7-14(16,5-9)6-10;1-5(2)7(9)12-6-3-4-11-8(6)10/h11-14H,2,4-9H2,1,3H3;9-12,16H,1,3-7H2,2H3;6H,1,3-4H2,2H3. The van der Waals surface area contributed by atoms with Crippen LogP contribution in [0.2, 0.25) is 0 Å². The summed E-state index contributed by atoms with van der Waals surface area (Å²) in [5.41, 5.74) is 0.676. The van der Waals surface area contributed by atoms with Crippen molar-refractivity contribution in [1.29, 1.82) is 0 Å². The van der Waals surface area contributed by atoms with Crippen LogP contribution in [-0.4, -0.2) is 59.0 Å². The second-order valence-electron chi connectivity index (χ2n) is 15.8. The van der Waals surface area contributed by atoms with Gasteiger partial charge in [0.2, 0.25) is 6.10 Å². The third-order valence-corrected chi connectivity index (χ3v) is 11.9. The number of carbonyl (C=O) groups is 4. The minimum Gasteiger partial charge on any atom is -0.463 e. The highest BCUT2D eigenvalue weighted by Gasteiger charge is 2.59. The summed E-state index contributed by atoms with van der Waals surface area (Å²) in [6.07, 6.45) is 12.1. The van der Waals surface area contributed by atoms with Crippen LogP contribution >= 0.6 is 0 Å². The molecule has 9 fully saturated rings. The first-order valence-corrected chi connectivity index (χ1v) is 17.6. The Morgan fingerprint density at radius 2 is 1.28 bits per heavy atom. The molecular weight excluding hydrogens is 600 g/mol. The Bertz CT molecular complexity index is 1250. The second kappa shape index (κ2) is 13.9. The van der Waals surface area contributed by atoms with E-state index in [0.717, 1.165) is 50.4 Å². The van der Waals surface area contributed by atoms with Gasteiger partial charge in [-0.2, -0.15) is 0 Å². The summed E-state index contributed by atoms with van der Waals surface area (Å²) in [7, 11) is 0. The van der Waals surface area contributed by atoms with Crippen molar-refractivity contribution in [1.82, 2.24) is 0 Å². The van der Waals surface area contributed by atoms with E-state index in [1.165, 1.54) is 39.0 Å². The smallest absolute Gasteiger partial charge is 0.347 e.